The van der Waals surface area contributed by atoms with Crippen molar-refractivity contribution in [1.82, 2.24) is 15.5 Å². The summed E-state index contributed by atoms with van der Waals surface area (Å²) in [5, 5.41) is 10.8. The van der Waals surface area contributed by atoms with E-state index >= 15 is 0 Å². The van der Waals surface area contributed by atoms with E-state index in [0.717, 1.165) is 31.7 Å². The van der Waals surface area contributed by atoms with Crippen molar-refractivity contribution >= 4 is 11.7 Å². The predicted octanol–water partition coefficient (Wildman–Crippen LogP) is 2.54. The molecular weight excluding hydrogens is 323 g/mol. The summed E-state index contributed by atoms with van der Waals surface area (Å²) in [6.45, 7) is 4.35. The maximum absolute atomic E-state index is 13.8. The van der Waals surface area contributed by atoms with E-state index < -0.39 is 5.82 Å². The van der Waals surface area contributed by atoms with E-state index in [9.17, 15) is 9.18 Å². The molecule has 1 aromatic carbocycles. The SMILES string of the molecule is CCOc1ccc(CNC(=O)c2ccc(N3CCCC3)nn2)cc1F. The Balaban J connectivity index is 1.57. The van der Waals surface area contributed by atoms with Crippen LogP contribution in [0.25, 0.3) is 0 Å². The van der Waals surface area contributed by atoms with Gasteiger partial charge in [0.25, 0.3) is 5.91 Å². The summed E-state index contributed by atoms with van der Waals surface area (Å²) in [7, 11) is 0. The second kappa shape index (κ2) is 7.92. The second-order valence-corrected chi connectivity index (χ2v) is 5.85. The number of halogens is 1. The highest BCUT2D eigenvalue weighted by atomic mass is 19.1. The van der Waals surface area contributed by atoms with Crippen LogP contribution in [0.1, 0.15) is 35.8 Å². The molecule has 1 amide bonds. The van der Waals surface area contributed by atoms with E-state index in [2.05, 4.69) is 20.4 Å². The maximum Gasteiger partial charge on any atom is 0.272 e. The molecule has 25 heavy (non-hydrogen) atoms. The van der Waals surface area contributed by atoms with Gasteiger partial charge in [0.1, 0.15) is 0 Å². The minimum Gasteiger partial charge on any atom is -0.491 e. The average Bonchev–Trinajstić information content (AvgIpc) is 3.17. The molecule has 0 atom stereocenters. The lowest BCUT2D eigenvalue weighted by atomic mass is 10.2. The molecule has 1 aromatic heterocycles. The average molecular weight is 344 g/mol. The largest absolute Gasteiger partial charge is 0.491 e. The van der Waals surface area contributed by atoms with Gasteiger partial charge >= 0.3 is 0 Å². The molecule has 0 bridgehead atoms. The normalized spacial score (nSPS) is 13.8. The molecule has 0 unspecified atom stereocenters. The Bertz CT molecular complexity index is 730. The highest BCUT2D eigenvalue weighted by Gasteiger charge is 2.15. The summed E-state index contributed by atoms with van der Waals surface area (Å²) in [4.78, 5) is 14.3. The van der Waals surface area contributed by atoms with Gasteiger partial charge in [0.15, 0.2) is 23.1 Å². The van der Waals surface area contributed by atoms with Crippen LogP contribution in [-0.4, -0.2) is 35.8 Å². The van der Waals surface area contributed by atoms with E-state index in [4.69, 9.17) is 4.74 Å². The van der Waals surface area contributed by atoms with Gasteiger partial charge in [0, 0.05) is 19.6 Å². The van der Waals surface area contributed by atoms with Crippen molar-refractivity contribution in [3.05, 3.63) is 47.4 Å². The second-order valence-electron chi connectivity index (χ2n) is 5.85. The lowest BCUT2D eigenvalue weighted by Crippen LogP contribution is -2.25. The first kappa shape index (κ1) is 17.1. The van der Waals surface area contributed by atoms with E-state index in [0.29, 0.717) is 12.2 Å². The van der Waals surface area contributed by atoms with Crippen molar-refractivity contribution in [3.8, 4) is 5.75 Å². The first-order valence-corrected chi connectivity index (χ1v) is 8.45. The molecule has 1 aliphatic heterocycles. The molecule has 2 aromatic rings. The monoisotopic (exact) mass is 344 g/mol. The highest BCUT2D eigenvalue weighted by molar-refractivity contribution is 5.92. The van der Waals surface area contributed by atoms with Crippen molar-refractivity contribution in [3.63, 3.8) is 0 Å². The van der Waals surface area contributed by atoms with Gasteiger partial charge in [-0.1, -0.05) is 6.07 Å². The number of hydrogen-bond acceptors (Lipinski definition) is 5. The molecule has 7 heteroatoms. The van der Waals surface area contributed by atoms with Crippen LogP contribution < -0.4 is 15.0 Å². The fourth-order valence-corrected chi connectivity index (χ4v) is 2.76. The van der Waals surface area contributed by atoms with Crippen LogP contribution in [0.4, 0.5) is 10.2 Å². The van der Waals surface area contributed by atoms with E-state index in [1.54, 1.807) is 25.1 Å². The van der Waals surface area contributed by atoms with Gasteiger partial charge in [-0.15, -0.1) is 10.2 Å². The number of nitrogens with one attached hydrogen (secondary N) is 1. The Morgan fingerprint density at radius 1 is 1.24 bits per heavy atom. The van der Waals surface area contributed by atoms with Crippen molar-refractivity contribution < 1.29 is 13.9 Å². The number of benzene rings is 1. The standard InChI is InChI=1S/C18H21FN4O2/c1-2-25-16-7-5-13(11-14(16)19)12-20-18(24)15-6-8-17(22-21-15)23-9-3-4-10-23/h5-8,11H,2-4,9-10,12H2,1H3,(H,20,24). The molecule has 1 aliphatic rings. The van der Waals surface area contributed by atoms with Crippen LogP contribution in [0.5, 0.6) is 5.75 Å². The van der Waals surface area contributed by atoms with Gasteiger partial charge in [-0.3, -0.25) is 4.79 Å². The fourth-order valence-electron chi connectivity index (χ4n) is 2.76. The van der Waals surface area contributed by atoms with Crippen molar-refractivity contribution in [1.29, 1.82) is 0 Å². The zero-order chi connectivity index (χ0) is 17.6. The maximum atomic E-state index is 13.8. The van der Waals surface area contributed by atoms with Crippen LogP contribution in [0.15, 0.2) is 30.3 Å². The number of aromatic nitrogens is 2. The van der Waals surface area contributed by atoms with Gasteiger partial charge in [-0.2, -0.15) is 0 Å². The smallest absolute Gasteiger partial charge is 0.272 e. The molecule has 0 aliphatic carbocycles. The number of rotatable bonds is 6. The number of anilines is 1. The number of amides is 1. The fraction of sp³-hybridized carbons (Fsp3) is 0.389. The predicted molar refractivity (Wildman–Crippen MR) is 92.2 cm³/mol. The van der Waals surface area contributed by atoms with E-state index in [1.807, 2.05) is 6.07 Å². The van der Waals surface area contributed by atoms with Crippen LogP contribution in [-0.2, 0) is 6.54 Å². The first-order valence-electron chi connectivity index (χ1n) is 8.45. The van der Waals surface area contributed by atoms with Gasteiger partial charge in [0.2, 0.25) is 0 Å². The van der Waals surface area contributed by atoms with Gasteiger partial charge in [-0.05, 0) is 49.6 Å². The third-order valence-electron chi connectivity index (χ3n) is 4.06. The quantitative estimate of drug-likeness (QED) is 0.872. The molecule has 2 heterocycles. The third-order valence-corrected chi connectivity index (χ3v) is 4.06. The van der Waals surface area contributed by atoms with Crippen LogP contribution >= 0.6 is 0 Å². The molecule has 6 nitrogen and oxygen atoms in total. The number of hydrogen-bond donors (Lipinski definition) is 1. The Morgan fingerprint density at radius 2 is 2.04 bits per heavy atom. The molecule has 0 spiro atoms. The number of carbonyl (C=O) groups excluding carboxylic acids is 1. The summed E-state index contributed by atoms with van der Waals surface area (Å²) < 4.78 is 19.0. The van der Waals surface area contributed by atoms with Crippen LogP contribution in [0, 0.1) is 5.82 Å². The molecule has 1 N–H and O–H groups in total. The molecule has 0 radical (unpaired) electrons. The van der Waals surface area contributed by atoms with Crippen molar-refractivity contribution in [2.24, 2.45) is 0 Å². The minimum atomic E-state index is -0.441. The summed E-state index contributed by atoms with van der Waals surface area (Å²) >= 11 is 0. The van der Waals surface area contributed by atoms with Gasteiger partial charge in [0.05, 0.1) is 6.61 Å². The third kappa shape index (κ3) is 4.23. The van der Waals surface area contributed by atoms with E-state index in [-0.39, 0.29) is 23.9 Å². The Kier molecular flexibility index (Phi) is 5.42. The summed E-state index contributed by atoms with van der Waals surface area (Å²) in [6.07, 6.45) is 2.31. The summed E-state index contributed by atoms with van der Waals surface area (Å²) in [5.74, 6) is 0.224. The Hall–Kier alpha value is -2.70. The van der Waals surface area contributed by atoms with Crippen LogP contribution in [0.3, 0.4) is 0 Å². The number of nitrogens with zero attached hydrogens (tertiary/aromatic N) is 3. The molecule has 1 saturated heterocycles. The Labute approximate surface area is 146 Å². The molecule has 132 valence electrons. The summed E-state index contributed by atoms with van der Waals surface area (Å²) in [6, 6.07) is 8.10. The topological polar surface area (TPSA) is 67.3 Å². The lowest BCUT2D eigenvalue weighted by Gasteiger charge is -2.15. The molecule has 0 saturated carbocycles. The van der Waals surface area contributed by atoms with Crippen molar-refractivity contribution in [2.75, 3.05) is 24.6 Å². The van der Waals surface area contributed by atoms with Crippen LogP contribution in [0.2, 0.25) is 0 Å². The number of ether oxygens (including phenoxy) is 1. The number of carbonyl (C=O) groups is 1. The summed E-state index contributed by atoms with van der Waals surface area (Å²) in [5.41, 5.74) is 0.894. The zero-order valence-electron chi connectivity index (χ0n) is 14.2. The molecule has 3 rings (SSSR count). The Morgan fingerprint density at radius 3 is 2.68 bits per heavy atom. The minimum absolute atomic E-state index is 0.206. The first-order chi connectivity index (χ1) is 12.2. The highest BCUT2D eigenvalue weighted by Crippen LogP contribution is 2.19. The van der Waals surface area contributed by atoms with Gasteiger partial charge < -0.3 is 15.0 Å². The molecule has 1 fully saturated rings. The van der Waals surface area contributed by atoms with E-state index in [1.165, 1.54) is 6.07 Å². The zero-order valence-corrected chi connectivity index (χ0v) is 14.2. The van der Waals surface area contributed by atoms with Crippen molar-refractivity contribution in [2.45, 2.75) is 26.3 Å². The molecular formula is C18H21FN4O2. The van der Waals surface area contributed by atoms with Gasteiger partial charge in [-0.25, -0.2) is 4.39 Å². The lowest BCUT2D eigenvalue weighted by molar-refractivity contribution is 0.0945.